The minimum absolute atomic E-state index is 0.0383. The van der Waals surface area contributed by atoms with Gasteiger partial charge in [0.15, 0.2) is 0 Å². The number of fused-ring (bicyclic) bond motifs is 1. The SMILES string of the molecule is CC=N.CNCCOc1ccc(-c2csc(CNC(=O)C3(CC(=O)OC(C)(C)C)Cc4ccccc4C3)n2)cc1. The highest BCUT2D eigenvalue weighted by Gasteiger charge is 2.46. The van der Waals surface area contributed by atoms with Gasteiger partial charge < -0.3 is 25.5 Å². The lowest BCUT2D eigenvalue weighted by atomic mass is 9.80. The standard InChI is InChI=1S/C29H35N3O4S.C2H5N/c1-28(2,3)36-26(33)17-29(15-21-7-5-6-8-22(21)16-29)27(34)31-18-25-32-24(19-37-25)20-9-11-23(12-10-20)35-14-13-30-4;1-2-3/h5-12,19,30H,13-18H2,1-4H3,(H,31,34);2-3H,1H3. The molecule has 8 nitrogen and oxygen atoms in total. The summed E-state index contributed by atoms with van der Waals surface area (Å²) in [6.45, 7) is 8.88. The summed E-state index contributed by atoms with van der Waals surface area (Å²) in [7, 11) is 1.89. The largest absolute Gasteiger partial charge is 0.492 e. The number of benzene rings is 2. The van der Waals surface area contributed by atoms with Crippen LogP contribution in [0.5, 0.6) is 5.75 Å². The molecule has 9 heteroatoms. The minimum Gasteiger partial charge on any atom is -0.492 e. The fraction of sp³-hybridized carbons (Fsp3) is 0.419. The molecule has 1 aliphatic rings. The fourth-order valence-electron chi connectivity index (χ4n) is 4.57. The molecule has 1 heterocycles. The predicted molar refractivity (Wildman–Crippen MR) is 160 cm³/mol. The summed E-state index contributed by atoms with van der Waals surface area (Å²) in [6, 6.07) is 15.8. The van der Waals surface area contributed by atoms with E-state index in [0.717, 1.165) is 39.7 Å². The number of ether oxygens (including phenoxy) is 2. The Morgan fingerprint density at radius 3 is 2.30 bits per heavy atom. The molecule has 0 fully saturated rings. The normalized spacial score (nSPS) is 13.4. The van der Waals surface area contributed by atoms with Gasteiger partial charge in [-0.1, -0.05) is 24.3 Å². The van der Waals surface area contributed by atoms with Crippen molar-refractivity contribution in [2.75, 3.05) is 20.2 Å². The van der Waals surface area contributed by atoms with E-state index in [0.29, 0.717) is 26.0 Å². The topological polar surface area (TPSA) is 113 Å². The summed E-state index contributed by atoms with van der Waals surface area (Å²) in [5.74, 6) is 0.314. The van der Waals surface area contributed by atoms with E-state index >= 15 is 0 Å². The van der Waals surface area contributed by atoms with Gasteiger partial charge in [-0.2, -0.15) is 0 Å². The smallest absolute Gasteiger partial charge is 0.307 e. The van der Waals surface area contributed by atoms with Gasteiger partial charge in [0, 0.05) is 17.5 Å². The van der Waals surface area contributed by atoms with Gasteiger partial charge in [0.1, 0.15) is 23.0 Å². The molecule has 0 radical (unpaired) electrons. The molecule has 1 aromatic heterocycles. The molecule has 1 aliphatic carbocycles. The van der Waals surface area contributed by atoms with Crippen LogP contribution >= 0.6 is 11.3 Å². The summed E-state index contributed by atoms with van der Waals surface area (Å²) in [5.41, 5.74) is 2.59. The maximum Gasteiger partial charge on any atom is 0.307 e. The van der Waals surface area contributed by atoms with E-state index in [2.05, 4.69) is 10.6 Å². The number of likely N-dealkylation sites (N-methyl/N-ethyl adjacent to an activating group) is 1. The molecule has 0 bridgehead atoms. The van der Waals surface area contributed by atoms with Crippen molar-refractivity contribution in [3.05, 3.63) is 70.0 Å². The van der Waals surface area contributed by atoms with Gasteiger partial charge in [-0.15, -0.1) is 11.3 Å². The highest BCUT2D eigenvalue weighted by molar-refractivity contribution is 7.09. The zero-order valence-corrected chi connectivity index (χ0v) is 24.8. The number of aromatic nitrogens is 1. The molecule has 0 atom stereocenters. The Labute approximate surface area is 241 Å². The zero-order chi connectivity index (χ0) is 29.2. The second-order valence-corrected chi connectivity index (χ2v) is 11.7. The first-order valence-electron chi connectivity index (χ1n) is 13.4. The first-order valence-corrected chi connectivity index (χ1v) is 14.3. The Kier molecular flexibility index (Phi) is 11.0. The van der Waals surface area contributed by atoms with Crippen LogP contribution < -0.4 is 15.4 Å². The van der Waals surface area contributed by atoms with Gasteiger partial charge in [0.25, 0.3) is 0 Å². The van der Waals surface area contributed by atoms with Crippen LogP contribution in [-0.4, -0.2) is 48.9 Å². The van der Waals surface area contributed by atoms with Crippen LogP contribution in [0.25, 0.3) is 11.3 Å². The third-order valence-corrected chi connectivity index (χ3v) is 7.13. The maximum atomic E-state index is 13.6. The van der Waals surface area contributed by atoms with E-state index in [1.54, 1.807) is 6.92 Å². The predicted octanol–water partition coefficient (Wildman–Crippen LogP) is 5.20. The van der Waals surface area contributed by atoms with E-state index < -0.39 is 11.0 Å². The lowest BCUT2D eigenvalue weighted by Gasteiger charge is -2.29. The van der Waals surface area contributed by atoms with Crippen molar-refractivity contribution in [1.82, 2.24) is 15.6 Å². The lowest BCUT2D eigenvalue weighted by molar-refractivity contribution is -0.160. The van der Waals surface area contributed by atoms with Crippen molar-refractivity contribution >= 4 is 29.4 Å². The van der Waals surface area contributed by atoms with Crippen molar-refractivity contribution in [2.24, 2.45) is 5.41 Å². The maximum absolute atomic E-state index is 13.6. The second-order valence-electron chi connectivity index (χ2n) is 10.7. The van der Waals surface area contributed by atoms with Gasteiger partial charge in [-0.3, -0.25) is 9.59 Å². The number of hydrogen-bond acceptors (Lipinski definition) is 8. The van der Waals surface area contributed by atoms with Gasteiger partial charge >= 0.3 is 5.97 Å². The highest BCUT2D eigenvalue weighted by atomic mass is 32.1. The van der Waals surface area contributed by atoms with Crippen LogP contribution in [0.4, 0.5) is 0 Å². The Hall–Kier alpha value is -3.56. The van der Waals surface area contributed by atoms with Crippen molar-refractivity contribution in [1.29, 1.82) is 5.41 Å². The van der Waals surface area contributed by atoms with E-state index in [-0.39, 0.29) is 18.3 Å². The zero-order valence-electron chi connectivity index (χ0n) is 24.0. The minimum atomic E-state index is -0.866. The van der Waals surface area contributed by atoms with Crippen LogP contribution in [0.3, 0.4) is 0 Å². The molecule has 4 rings (SSSR count). The third-order valence-electron chi connectivity index (χ3n) is 6.28. The molecule has 0 saturated heterocycles. The molecule has 2 aromatic carbocycles. The molecule has 0 saturated carbocycles. The molecular formula is C31H40N4O4S. The van der Waals surface area contributed by atoms with Crippen LogP contribution in [0.1, 0.15) is 50.3 Å². The monoisotopic (exact) mass is 564 g/mol. The first-order chi connectivity index (χ1) is 19.1. The average Bonchev–Trinajstić information content (AvgIpc) is 3.52. The molecule has 1 amide bonds. The van der Waals surface area contributed by atoms with Gasteiger partial charge in [0.2, 0.25) is 5.91 Å². The number of hydrogen-bond donors (Lipinski definition) is 3. The van der Waals surface area contributed by atoms with Crippen LogP contribution in [-0.2, 0) is 33.7 Å². The number of carbonyl (C=O) groups excluding carboxylic acids is 2. The Balaban J connectivity index is 0.00000141. The van der Waals surface area contributed by atoms with Gasteiger partial charge in [0.05, 0.1) is 24.1 Å². The van der Waals surface area contributed by atoms with Crippen molar-refractivity contribution in [3.63, 3.8) is 0 Å². The number of nitrogens with one attached hydrogen (secondary N) is 3. The van der Waals surface area contributed by atoms with Crippen LogP contribution in [0, 0.1) is 10.8 Å². The number of amides is 1. The Bertz CT molecular complexity index is 1260. The third kappa shape index (κ3) is 8.72. The molecular weight excluding hydrogens is 524 g/mol. The highest BCUT2D eigenvalue weighted by Crippen LogP contribution is 2.41. The number of rotatable bonds is 10. The summed E-state index contributed by atoms with van der Waals surface area (Å²) in [4.78, 5) is 31.1. The van der Waals surface area contributed by atoms with Crippen LogP contribution in [0.15, 0.2) is 53.9 Å². The summed E-state index contributed by atoms with van der Waals surface area (Å²) in [5, 5.41) is 15.0. The Morgan fingerprint density at radius 2 is 1.73 bits per heavy atom. The molecule has 0 unspecified atom stereocenters. The number of thiazole rings is 1. The van der Waals surface area contributed by atoms with Crippen molar-refractivity contribution in [3.8, 4) is 17.0 Å². The molecule has 3 N–H and O–H groups in total. The van der Waals surface area contributed by atoms with Crippen LogP contribution in [0.2, 0.25) is 0 Å². The van der Waals surface area contributed by atoms with Gasteiger partial charge in [-0.05, 0) is 89.2 Å². The lowest BCUT2D eigenvalue weighted by Crippen LogP contribution is -2.44. The van der Waals surface area contributed by atoms with E-state index in [1.165, 1.54) is 17.6 Å². The van der Waals surface area contributed by atoms with Gasteiger partial charge in [-0.25, -0.2) is 4.98 Å². The number of carbonyl (C=O) groups is 2. The summed E-state index contributed by atoms with van der Waals surface area (Å²) >= 11 is 1.50. The average molecular weight is 565 g/mol. The van der Waals surface area contributed by atoms with Crippen molar-refractivity contribution in [2.45, 2.75) is 59.1 Å². The van der Waals surface area contributed by atoms with E-state index in [4.69, 9.17) is 19.9 Å². The summed E-state index contributed by atoms with van der Waals surface area (Å²) in [6.07, 6.45) is 2.32. The molecule has 3 aromatic rings. The van der Waals surface area contributed by atoms with E-state index in [1.807, 2.05) is 81.7 Å². The molecule has 40 heavy (non-hydrogen) atoms. The number of nitrogens with zero attached hydrogens (tertiary/aromatic N) is 1. The van der Waals surface area contributed by atoms with E-state index in [9.17, 15) is 9.59 Å². The molecule has 214 valence electrons. The number of esters is 1. The molecule has 0 spiro atoms. The summed E-state index contributed by atoms with van der Waals surface area (Å²) < 4.78 is 11.3. The second kappa shape index (κ2) is 14.2. The fourth-order valence-corrected chi connectivity index (χ4v) is 5.32. The Morgan fingerprint density at radius 1 is 1.10 bits per heavy atom. The van der Waals surface area contributed by atoms with Crippen molar-refractivity contribution < 1.29 is 19.1 Å². The quantitative estimate of drug-likeness (QED) is 0.177. The first kappa shape index (κ1) is 31.0. The molecule has 0 aliphatic heterocycles.